The molecule has 3 heteroatoms. The quantitative estimate of drug-likeness (QED) is 0.527. The summed E-state index contributed by atoms with van der Waals surface area (Å²) in [5, 5.41) is 0.795. The smallest absolute Gasteiger partial charge is 0.141 e. The molecule has 2 heterocycles. The second kappa shape index (κ2) is 7.96. The van der Waals surface area contributed by atoms with Gasteiger partial charge in [-0.1, -0.05) is 55.8 Å². The second-order valence-corrected chi connectivity index (χ2v) is 9.65. The first kappa shape index (κ1) is 19.5. The summed E-state index contributed by atoms with van der Waals surface area (Å²) in [5.41, 5.74) is 6.54. The van der Waals surface area contributed by atoms with Crippen LogP contribution in [0.15, 0.2) is 30.3 Å². The van der Waals surface area contributed by atoms with Crippen molar-refractivity contribution in [1.82, 2.24) is 0 Å². The van der Waals surface area contributed by atoms with E-state index in [1.165, 1.54) is 41.5 Å². The van der Waals surface area contributed by atoms with E-state index >= 15 is 0 Å². The Morgan fingerprint density at radius 2 is 1.90 bits per heavy atom. The van der Waals surface area contributed by atoms with E-state index in [1.807, 2.05) is 0 Å². The summed E-state index contributed by atoms with van der Waals surface area (Å²) in [5.74, 6) is 2.39. The van der Waals surface area contributed by atoms with Gasteiger partial charge in [-0.25, -0.2) is 0 Å². The lowest BCUT2D eigenvalue weighted by molar-refractivity contribution is -0.0712. The van der Waals surface area contributed by atoms with Crippen LogP contribution in [0.4, 0.5) is 0 Å². The zero-order chi connectivity index (χ0) is 20.0. The number of rotatable bonds is 5. The van der Waals surface area contributed by atoms with Crippen LogP contribution in [0.2, 0.25) is 5.02 Å². The molecule has 0 bridgehead atoms. The third-order valence-corrected chi connectivity index (χ3v) is 7.31. The van der Waals surface area contributed by atoms with Gasteiger partial charge in [-0.15, -0.1) is 0 Å². The Labute approximate surface area is 179 Å². The number of benzene rings is 2. The van der Waals surface area contributed by atoms with Gasteiger partial charge in [0, 0.05) is 12.0 Å². The van der Waals surface area contributed by atoms with E-state index in [1.54, 1.807) is 0 Å². The van der Waals surface area contributed by atoms with Crippen LogP contribution in [0.25, 0.3) is 0 Å². The van der Waals surface area contributed by atoms with Crippen molar-refractivity contribution in [2.24, 2.45) is 5.92 Å². The first-order chi connectivity index (χ1) is 14.1. The third-order valence-electron chi connectivity index (χ3n) is 6.90. The molecule has 1 saturated heterocycles. The van der Waals surface area contributed by atoms with Gasteiger partial charge in [-0.2, -0.15) is 0 Å². The zero-order valence-corrected chi connectivity index (χ0v) is 18.3. The SMILES string of the molecule is CCC1CC(C)CC(c2cc(Cc3ccc(C4CC4)cc3)c(Cl)c3c2CCO3)O1. The van der Waals surface area contributed by atoms with Crippen LogP contribution in [-0.4, -0.2) is 12.7 Å². The average Bonchev–Trinajstić information content (AvgIpc) is 3.46. The summed E-state index contributed by atoms with van der Waals surface area (Å²) in [7, 11) is 0. The van der Waals surface area contributed by atoms with E-state index in [4.69, 9.17) is 21.1 Å². The molecule has 2 aromatic rings. The molecule has 3 aliphatic rings. The van der Waals surface area contributed by atoms with Gasteiger partial charge in [-0.05, 0) is 72.6 Å². The molecular weight excluding hydrogens is 380 g/mol. The van der Waals surface area contributed by atoms with Crippen molar-refractivity contribution in [3.8, 4) is 5.75 Å². The van der Waals surface area contributed by atoms with Crippen molar-refractivity contribution >= 4 is 11.6 Å². The van der Waals surface area contributed by atoms with Gasteiger partial charge in [0.2, 0.25) is 0 Å². The van der Waals surface area contributed by atoms with Crippen LogP contribution < -0.4 is 4.74 Å². The van der Waals surface area contributed by atoms with Gasteiger partial charge >= 0.3 is 0 Å². The third kappa shape index (κ3) is 3.94. The molecule has 1 aliphatic carbocycles. The lowest BCUT2D eigenvalue weighted by Crippen LogP contribution is -2.27. The molecule has 1 saturated carbocycles. The minimum Gasteiger partial charge on any atom is -0.491 e. The van der Waals surface area contributed by atoms with Crippen LogP contribution in [0.1, 0.15) is 85.8 Å². The number of ether oxygens (including phenoxy) is 2. The fraction of sp³-hybridized carbons (Fsp3) is 0.538. The van der Waals surface area contributed by atoms with Crippen molar-refractivity contribution in [3.63, 3.8) is 0 Å². The molecule has 2 fully saturated rings. The predicted octanol–water partition coefficient (Wildman–Crippen LogP) is 7.01. The monoisotopic (exact) mass is 410 g/mol. The van der Waals surface area contributed by atoms with Gasteiger partial charge in [0.05, 0.1) is 23.8 Å². The number of hydrogen-bond donors (Lipinski definition) is 0. The maximum absolute atomic E-state index is 6.83. The molecule has 0 N–H and O–H groups in total. The lowest BCUT2D eigenvalue weighted by atomic mass is 9.86. The largest absolute Gasteiger partial charge is 0.491 e. The molecule has 29 heavy (non-hydrogen) atoms. The van der Waals surface area contributed by atoms with E-state index in [0.29, 0.717) is 12.0 Å². The van der Waals surface area contributed by atoms with Gasteiger partial charge in [0.15, 0.2) is 0 Å². The molecule has 2 aromatic carbocycles. The normalized spacial score (nSPS) is 26.2. The molecule has 3 unspecified atom stereocenters. The Morgan fingerprint density at radius 1 is 1.10 bits per heavy atom. The second-order valence-electron chi connectivity index (χ2n) is 9.27. The van der Waals surface area contributed by atoms with Crippen molar-refractivity contribution in [2.45, 2.75) is 76.9 Å². The van der Waals surface area contributed by atoms with Gasteiger partial charge in [0.1, 0.15) is 5.75 Å². The standard InChI is InChI=1S/C26H31ClO2/c1-3-21-12-16(2)13-24(29-21)23-15-20(25(27)26-22(23)10-11-28-26)14-17-4-6-18(7-5-17)19-8-9-19/h4-7,15-16,19,21,24H,3,8-14H2,1-2H3. The van der Waals surface area contributed by atoms with E-state index < -0.39 is 0 Å². The average molecular weight is 411 g/mol. The Morgan fingerprint density at radius 3 is 2.62 bits per heavy atom. The Hall–Kier alpha value is -1.51. The summed E-state index contributed by atoms with van der Waals surface area (Å²) in [4.78, 5) is 0. The molecule has 5 rings (SSSR count). The van der Waals surface area contributed by atoms with Crippen molar-refractivity contribution in [2.75, 3.05) is 6.61 Å². The molecule has 154 valence electrons. The number of halogens is 1. The van der Waals surface area contributed by atoms with Crippen molar-refractivity contribution < 1.29 is 9.47 Å². The molecule has 0 spiro atoms. The summed E-state index contributed by atoms with van der Waals surface area (Å²) < 4.78 is 12.5. The van der Waals surface area contributed by atoms with E-state index in [2.05, 4.69) is 44.2 Å². The highest BCUT2D eigenvalue weighted by Crippen LogP contribution is 2.45. The van der Waals surface area contributed by atoms with Gasteiger partial charge in [0.25, 0.3) is 0 Å². The van der Waals surface area contributed by atoms with Crippen LogP contribution in [-0.2, 0) is 17.6 Å². The maximum Gasteiger partial charge on any atom is 0.141 e. The molecule has 3 atom stereocenters. The van der Waals surface area contributed by atoms with Crippen LogP contribution >= 0.6 is 11.6 Å². The highest BCUT2D eigenvalue weighted by atomic mass is 35.5. The predicted molar refractivity (Wildman–Crippen MR) is 118 cm³/mol. The molecule has 0 amide bonds. The summed E-state index contributed by atoms with van der Waals surface area (Å²) >= 11 is 6.83. The fourth-order valence-electron chi connectivity index (χ4n) is 5.09. The minimum absolute atomic E-state index is 0.160. The molecule has 2 aliphatic heterocycles. The van der Waals surface area contributed by atoms with Gasteiger partial charge < -0.3 is 9.47 Å². The van der Waals surface area contributed by atoms with E-state index in [9.17, 15) is 0 Å². The Bertz CT molecular complexity index is 885. The van der Waals surface area contributed by atoms with Crippen molar-refractivity contribution in [3.05, 3.63) is 63.2 Å². The van der Waals surface area contributed by atoms with Crippen LogP contribution in [0.3, 0.4) is 0 Å². The summed E-state index contributed by atoms with van der Waals surface area (Å²) in [6.45, 7) is 5.31. The highest BCUT2D eigenvalue weighted by Gasteiger charge is 2.32. The van der Waals surface area contributed by atoms with Crippen LogP contribution in [0, 0.1) is 5.92 Å². The summed E-state index contributed by atoms with van der Waals surface area (Å²) in [6.07, 6.45) is 8.30. The fourth-order valence-corrected chi connectivity index (χ4v) is 5.38. The number of hydrogen-bond acceptors (Lipinski definition) is 2. The highest BCUT2D eigenvalue weighted by molar-refractivity contribution is 6.33. The van der Waals surface area contributed by atoms with E-state index in [-0.39, 0.29) is 6.10 Å². The first-order valence-corrected chi connectivity index (χ1v) is 11.7. The molecular formula is C26H31ClO2. The molecule has 2 nitrogen and oxygen atoms in total. The topological polar surface area (TPSA) is 18.5 Å². The summed E-state index contributed by atoms with van der Waals surface area (Å²) in [6, 6.07) is 11.4. The lowest BCUT2D eigenvalue weighted by Gasteiger charge is -2.35. The first-order valence-electron chi connectivity index (χ1n) is 11.3. The van der Waals surface area contributed by atoms with Crippen LogP contribution in [0.5, 0.6) is 5.75 Å². The minimum atomic E-state index is 0.160. The zero-order valence-electron chi connectivity index (χ0n) is 17.5. The van der Waals surface area contributed by atoms with Gasteiger partial charge in [-0.3, -0.25) is 0 Å². The number of fused-ring (bicyclic) bond motifs is 1. The Kier molecular flexibility index (Phi) is 5.34. The van der Waals surface area contributed by atoms with Crippen molar-refractivity contribution in [1.29, 1.82) is 0 Å². The maximum atomic E-state index is 6.83. The molecule has 0 aromatic heterocycles. The molecule has 0 radical (unpaired) electrons. The Balaban J connectivity index is 1.46. The van der Waals surface area contributed by atoms with E-state index in [0.717, 1.165) is 54.5 Å².